The van der Waals surface area contributed by atoms with E-state index in [4.69, 9.17) is 0 Å². The third-order valence-electron chi connectivity index (χ3n) is 4.75. The molecule has 0 spiro atoms. The molecule has 2 aromatic heterocycles. The average molecular weight is 347 g/mol. The molecule has 1 fully saturated rings. The number of aryl methyl sites for hydroxylation is 3. The third kappa shape index (κ3) is 4.91. The van der Waals surface area contributed by atoms with Crippen LogP contribution in [-0.2, 0) is 19.6 Å². The second kappa shape index (κ2) is 8.28. The van der Waals surface area contributed by atoms with Crippen molar-refractivity contribution in [2.24, 2.45) is 0 Å². The number of thiophene rings is 1. The van der Waals surface area contributed by atoms with Gasteiger partial charge in [-0.25, -0.2) is 0 Å². The largest absolute Gasteiger partial charge is 0.301 e. The fourth-order valence-electron chi connectivity index (χ4n) is 3.53. The summed E-state index contributed by atoms with van der Waals surface area (Å²) in [5, 5.41) is 6.88. The van der Waals surface area contributed by atoms with Crippen LogP contribution in [-0.4, -0.2) is 46.3 Å². The average Bonchev–Trinajstić information content (AvgIpc) is 3.24. The Balaban J connectivity index is 1.40. The van der Waals surface area contributed by atoms with Crippen LogP contribution < -0.4 is 0 Å². The van der Waals surface area contributed by atoms with Crippen LogP contribution >= 0.6 is 11.3 Å². The Bertz CT molecular complexity index is 640. The van der Waals surface area contributed by atoms with Gasteiger partial charge in [-0.3, -0.25) is 9.58 Å². The van der Waals surface area contributed by atoms with Crippen molar-refractivity contribution in [3.8, 4) is 0 Å². The minimum absolute atomic E-state index is 1.01. The van der Waals surface area contributed by atoms with E-state index in [0.717, 1.165) is 38.3 Å². The Morgan fingerprint density at radius 2 is 2.00 bits per heavy atom. The number of nitrogens with zero attached hydrogens (tertiary/aromatic N) is 4. The maximum absolute atomic E-state index is 4.54. The third-order valence-corrected chi connectivity index (χ3v) is 5.72. The van der Waals surface area contributed by atoms with Gasteiger partial charge in [0.1, 0.15) is 0 Å². The molecule has 0 radical (unpaired) electrons. The molecule has 3 heterocycles. The summed E-state index contributed by atoms with van der Waals surface area (Å²) in [5.74, 6) is 0. The molecule has 0 saturated carbocycles. The summed E-state index contributed by atoms with van der Waals surface area (Å²) in [6.07, 6.45) is 3.88. The zero-order chi connectivity index (χ0) is 16.9. The number of hydrogen-bond acceptors (Lipinski definition) is 4. The quantitative estimate of drug-likeness (QED) is 0.729. The molecule has 1 aliphatic rings. The molecule has 0 bridgehead atoms. The van der Waals surface area contributed by atoms with Crippen molar-refractivity contribution in [1.82, 2.24) is 19.6 Å². The normalized spacial score (nSPS) is 15.7. The number of rotatable bonds is 8. The summed E-state index contributed by atoms with van der Waals surface area (Å²) in [6, 6.07) is 4.55. The summed E-state index contributed by atoms with van der Waals surface area (Å²) >= 11 is 1.91. The summed E-state index contributed by atoms with van der Waals surface area (Å²) in [7, 11) is 2.22. The number of hydrogen-bond donors (Lipinski definition) is 0. The monoisotopic (exact) mass is 346 g/mol. The lowest BCUT2D eigenvalue weighted by Crippen LogP contribution is -2.20. The maximum atomic E-state index is 4.54. The molecule has 0 amide bonds. The molecule has 0 N–H and O–H groups in total. The first kappa shape index (κ1) is 17.6. The summed E-state index contributed by atoms with van der Waals surface area (Å²) < 4.78 is 2.13. The molecule has 0 atom stereocenters. The van der Waals surface area contributed by atoms with Gasteiger partial charge in [0.25, 0.3) is 0 Å². The van der Waals surface area contributed by atoms with Crippen LogP contribution in [0.2, 0.25) is 0 Å². The van der Waals surface area contributed by atoms with E-state index in [1.807, 2.05) is 11.3 Å². The Morgan fingerprint density at radius 3 is 2.71 bits per heavy atom. The van der Waals surface area contributed by atoms with Crippen LogP contribution in [0.3, 0.4) is 0 Å². The molecule has 0 aromatic carbocycles. The van der Waals surface area contributed by atoms with E-state index in [9.17, 15) is 0 Å². The van der Waals surface area contributed by atoms with Gasteiger partial charge in [-0.05, 0) is 82.9 Å². The standard InChI is InChI=1S/C19H30N4S/c1-16-11-17(2)23(20-16)10-6-7-21(3)14-19-12-18(15-24-19)13-22-8-4-5-9-22/h11-12,15H,4-10,13-14H2,1-3H3. The van der Waals surface area contributed by atoms with Crippen molar-refractivity contribution in [1.29, 1.82) is 0 Å². The molecule has 24 heavy (non-hydrogen) atoms. The molecule has 132 valence electrons. The molecule has 2 aromatic rings. The van der Waals surface area contributed by atoms with E-state index in [1.165, 1.54) is 42.1 Å². The second-order valence-corrected chi connectivity index (χ2v) is 8.14. The van der Waals surface area contributed by atoms with Crippen LogP contribution in [0.4, 0.5) is 0 Å². The van der Waals surface area contributed by atoms with Crippen molar-refractivity contribution in [2.75, 3.05) is 26.7 Å². The summed E-state index contributed by atoms with van der Waals surface area (Å²) in [5.41, 5.74) is 3.87. The molecule has 1 saturated heterocycles. The van der Waals surface area contributed by atoms with Crippen LogP contribution in [0.1, 0.15) is 41.1 Å². The van der Waals surface area contributed by atoms with E-state index < -0.39 is 0 Å². The van der Waals surface area contributed by atoms with Crippen molar-refractivity contribution < 1.29 is 0 Å². The molecule has 5 heteroatoms. The zero-order valence-corrected chi connectivity index (χ0v) is 16.1. The number of likely N-dealkylation sites (tertiary alicyclic amines) is 1. The van der Waals surface area contributed by atoms with E-state index in [2.05, 4.69) is 58.0 Å². The van der Waals surface area contributed by atoms with Gasteiger partial charge >= 0.3 is 0 Å². The number of aromatic nitrogens is 2. The van der Waals surface area contributed by atoms with Crippen LogP contribution in [0.15, 0.2) is 17.5 Å². The van der Waals surface area contributed by atoms with Gasteiger partial charge in [-0.1, -0.05) is 0 Å². The minimum atomic E-state index is 1.01. The predicted molar refractivity (Wildman–Crippen MR) is 101 cm³/mol. The van der Waals surface area contributed by atoms with Crippen LogP contribution in [0.5, 0.6) is 0 Å². The first-order valence-electron chi connectivity index (χ1n) is 9.08. The molecule has 1 aliphatic heterocycles. The molecule has 0 aliphatic carbocycles. The van der Waals surface area contributed by atoms with Gasteiger partial charge in [0.15, 0.2) is 0 Å². The molecular weight excluding hydrogens is 316 g/mol. The molecule has 3 rings (SSSR count). The lowest BCUT2D eigenvalue weighted by atomic mass is 10.3. The van der Waals surface area contributed by atoms with E-state index in [0.29, 0.717) is 0 Å². The van der Waals surface area contributed by atoms with Crippen molar-refractivity contribution in [3.63, 3.8) is 0 Å². The summed E-state index contributed by atoms with van der Waals surface area (Å²) in [4.78, 5) is 6.49. The Labute approximate surface area is 150 Å². The smallest absolute Gasteiger partial charge is 0.0596 e. The topological polar surface area (TPSA) is 24.3 Å². The maximum Gasteiger partial charge on any atom is 0.0596 e. The Hall–Kier alpha value is -1.17. The highest BCUT2D eigenvalue weighted by Crippen LogP contribution is 2.20. The molecular formula is C19H30N4S. The van der Waals surface area contributed by atoms with E-state index in [1.54, 1.807) is 0 Å². The van der Waals surface area contributed by atoms with Gasteiger partial charge in [-0.2, -0.15) is 5.10 Å². The van der Waals surface area contributed by atoms with Gasteiger partial charge < -0.3 is 4.90 Å². The van der Waals surface area contributed by atoms with E-state index in [-0.39, 0.29) is 0 Å². The van der Waals surface area contributed by atoms with Gasteiger partial charge in [0.05, 0.1) is 5.69 Å². The first-order valence-corrected chi connectivity index (χ1v) is 9.96. The van der Waals surface area contributed by atoms with Gasteiger partial charge in [-0.15, -0.1) is 11.3 Å². The SMILES string of the molecule is Cc1cc(C)n(CCCN(C)Cc2cc(CN3CCCC3)cs2)n1. The van der Waals surface area contributed by atoms with Gasteiger partial charge in [0.2, 0.25) is 0 Å². The fraction of sp³-hybridized carbons (Fsp3) is 0.632. The minimum Gasteiger partial charge on any atom is -0.301 e. The lowest BCUT2D eigenvalue weighted by Gasteiger charge is -2.16. The summed E-state index contributed by atoms with van der Waals surface area (Å²) in [6.45, 7) is 11.1. The Morgan fingerprint density at radius 1 is 1.21 bits per heavy atom. The Kier molecular flexibility index (Phi) is 6.09. The van der Waals surface area contributed by atoms with Gasteiger partial charge in [0, 0.05) is 30.2 Å². The van der Waals surface area contributed by atoms with Crippen molar-refractivity contribution in [3.05, 3.63) is 39.3 Å². The highest BCUT2D eigenvalue weighted by Gasteiger charge is 2.13. The van der Waals surface area contributed by atoms with E-state index >= 15 is 0 Å². The zero-order valence-electron chi connectivity index (χ0n) is 15.3. The van der Waals surface area contributed by atoms with Crippen LogP contribution in [0.25, 0.3) is 0 Å². The van der Waals surface area contributed by atoms with Crippen molar-refractivity contribution in [2.45, 2.75) is 52.7 Å². The molecule has 4 nitrogen and oxygen atoms in total. The highest BCUT2D eigenvalue weighted by atomic mass is 32.1. The fourth-order valence-corrected chi connectivity index (χ4v) is 4.49. The second-order valence-electron chi connectivity index (χ2n) is 7.15. The predicted octanol–water partition coefficient (Wildman–Crippen LogP) is 3.68. The first-order chi connectivity index (χ1) is 11.6. The molecule has 0 unspecified atom stereocenters. The van der Waals surface area contributed by atoms with Crippen LogP contribution in [0, 0.1) is 13.8 Å². The lowest BCUT2D eigenvalue weighted by molar-refractivity contribution is 0.312. The highest BCUT2D eigenvalue weighted by molar-refractivity contribution is 7.10. The van der Waals surface area contributed by atoms with Crippen molar-refractivity contribution >= 4 is 11.3 Å².